The summed E-state index contributed by atoms with van der Waals surface area (Å²) in [4.78, 5) is 27.4. The summed E-state index contributed by atoms with van der Waals surface area (Å²) in [6.07, 6.45) is -0.334. The van der Waals surface area contributed by atoms with Gasteiger partial charge in [-0.15, -0.1) is 0 Å². The maximum Gasteiger partial charge on any atom is 0.414 e. The number of hydrogen-bond donors (Lipinski definition) is 1. The Morgan fingerprint density at radius 2 is 2.00 bits per heavy atom. The minimum Gasteiger partial charge on any atom is -0.447 e. The van der Waals surface area contributed by atoms with Gasteiger partial charge in [-0.1, -0.05) is 6.07 Å². The van der Waals surface area contributed by atoms with E-state index in [-0.39, 0.29) is 18.0 Å². The molecule has 0 spiro atoms. The zero-order valence-corrected chi connectivity index (χ0v) is 13.2. The Morgan fingerprint density at radius 3 is 2.70 bits per heavy atom. The van der Waals surface area contributed by atoms with Crippen LogP contribution in [0.3, 0.4) is 0 Å². The first-order valence-corrected chi connectivity index (χ1v) is 7.82. The monoisotopic (exact) mass is 319 g/mol. The number of morpholine rings is 1. The van der Waals surface area contributed by atoms with Gasteiger partial charge in [-0.05, 0) is 25.1 Å². The molecule has 7 nitrogen and oxygen atoms in total. The molecule has 1 N–H and O–H groups in total. The SMILES string of the molecule is CC(Nc1cccc(N2CCOC2=O)c1)C(=O)N1CCOCC1. The molecule has 0 aliphatic carbocycles. The first kappa shape index (κ1) is 15.6. The Hall–Kier alpha value is -2.28. The van der Waals surface area contributed by atoms with Gasteiger partial charge in [0.1, 0.15) is 12.6 Å². The number of anilines is 2. The number of nitrogens with zero attached hydrogens (tertiary/aromatic N) is 2. The predicted octanol–water partition coefficient (Wildman–Crippen LogP) is 1.30. The Morgan fingerprint density at radius 1 is 1.22 bits per heavy atom. The summed E-state index contributed by atoms with van der Waals surface area (Å²) < 4.78 is 10.2. The Kier molecular flexibility index (Phi) is 4.66. The minimum atomic E-state index is -0.339. The van der Waals surface area contributed by atoms with Crippen LogP contribution in [0.2, 0.25) is 0 Å². The molecule has 0 saturated carbocycles. The van der Waals surface area contributed by atoms with Gasteiger partial charge in [0.25, 0.3) is 0 Å². The molecule has 1 unspecified atom stereocenters. The molecule has 1 aromatic carbocycles. The van der Waals surface area contributed by atoms with E-state index < -0.39 is 0 Å². The van der Waals surface area contributed by atoms with Crippen molar-refractivity contribution in [3.63, 3.8) is 0 Å². The van der Waals surface area contributed by atoms with Crippen molar-refractivity contribution in [3.05, 3.63) is 24.3 Å². The second-order valence-electron chi connectivity index (χ2n) is 5.62. The van der Waals surface area contributed by atoms with Crippen molar-refractivity contribution in [1.29, 1.82) is 0 Å². The Labute approximate surface area is 135 Å². The molecule has 2 heterocycles. The predicted molar refractivity (Wildman–Crippen MR) is 85.6 cm³/mol. The molecule has 2 amide bonds. The van der Waals surface area contributed by atoms with Crippen LogP contribution in [-0.4, -0.2) is 62.4 Å². The van der Waals surface area contributed by atoms with Crippen LogP contribution in [-0.2, 0) is 14.3 Å². The molecule has 3 rings (SSSR count). The van der Waals surface area contributed by atoms with E-state index in [9.17, 15) is 9.59 Å². The first-order valence-electron chi connectivity index (χ1n) is 7.82. The second-order valence-corrected chi connectivity index (χ2v) is 5.62. The molecule has 2 aliphatic rings. The topological polar surface area (TPSA) is 71.1 Å². The van der Waals surface area contributed by atoms with Crippen molar-refractivity contribution < 1.29 is 19.1 Å². The van der Waals surface area contributed by atoms with Crippen molar-refractivity contribution in [2.24, 2.45) is 0 Å². The largest absolute Gasteiger partial charge is 0.447 e. The molecule has 2 saturated heterocycles. The standard InChI is InChI=1S/C16H21N3O4/c1-12(15(20)18-5-8-22-9-6-18)17-13-3-2-4-14(11-13)19-7-10-23-16(19)21/h2-4,11-12,17H,5-10H2,1H3. The summed E-state index contributed by atoms with van der Waals surface area (Å²) in [5.74, 6) is 0.0549. The fraction of sp³-hybridized carbons (Fsp3) is 0.500. The highest BCUT2D eigenvalue weighted by atomic mass is 16.6. The van der Waals surface area contributed by atoms with E-state index in [2.05, 4.69) is 5.32 Å². The van der Waals surface area contributed by atoms with Crippen LogP contribution in [0.4, 0.5) is 16.2 Å². The van der Waals surface area contributed by atoms with Crippen molar-refractivity contribution in [1.82, 2.24) is 4.90 Å². The zero-order chi connectivity index (χ0) is 16.2. The third kappa shape index (κ3) is 3.56. The number of hydrogen-bond acceptors (Lipinski definition) is 5. The Balaban J connectivity index is 1.65. The average Bonchev–Trinajstić information content (AvgIpc) is 3.01. The van der Waals surface area contributed by atoms with Gasteiger partial charge in [-0.25, -0.2) is 4.79 Å². The van der Waals surface area contributed by atoms with Gasteiger partial charge < -0.3 is 19.7 Å². The summed E-state index contributed by atoms with van der Waals surface area (Å²) >= 11 is 0. The Bertz CT molecular complexity index is 586. The number of carbonyl (C=O) groups excluding carboxylic acids is 2. The summed E-state index contributed by atoms with van der Waals surface area (Å²) in [5.41, 5.74) is 1.57. The number of nitrogens with one attached hydrogen (secondary N) is 1. The molecule has 2 fully saturated rings. The van der Waals surface area contributed by atoms with Gasteiger partial charge in [-0.3, -0.25) is 9.69 Å². The van der Waals surface area contributed by atoms with Crippen LogP contribution in [0, 0.1) is 0 Å². The van der Waals surface area contributed by atoms with Crippen LogP contribution in [0.25, 0.3) is 0 Å². The van der Waals surface area contributed by atoms with Crippen LogP contribution in [0.15, 0.2) is 24.3 Å². The number of benzene rings is 1. The molecule has 0 aromatic heterocycles. The van der Waals surface area contributed by atoms with Crippen molar-refractivity contribution >= 4 is 23.4 Å². The summed E-state index contributed by atoms with van der Waals surface area (Å²) in [5, 5.41) is 3.21. The van der Waals surface area contributed by atoms with E-state index in [0.29, 0.717) is 39.5 Å². The maximum absolute atomic E-state index is 12.4. The highest BCUT2D eigenvalue weighted by molar-refractivity contribution is 5.90. The fourth-order valence-electron chi connectivity index (χ4n) is 2.76. The summed E-state index contributed by atoms with van der Waals surface area (Å²) in [7, 11) is 0. The lowest BCUT2D eigenvalue weighted by Crippen LogP contribution is -2.47. The average molecular weight is 319 g/mol. The molecule has 0 bridgehead atoms. The highest BCUT2D eigenvalue weighted by Gasteiger charge is 2.25. The third-order valence-electron chi connectivity index (χ3n) is 4.00. The van der Waals surface area contributed by atoms with E-state index in [1.807, 2.05) is 36.1 Å². The normalized spacial score (nSPS) is 19.4. The van der Waals surface area contributed by atoms with Gasteiger partial charge in [-0.2, -0.15) is 0 Å². The van der Waals surface area contributed by atoms with Gasteiger partial charge in [0.2, 0.25) is 5.91 Å². The van der Waals surface area contributed by atoms with E-state index >= 15 is 0 Å². The maximum atomic E-state index is 12.4. The third-order valence-corrected chi connectivity index (χ3v) is 4.00. The number of amides is 2. The lowest BCUT2D eigenvalue weighted by atomic mass is 10.2. The van der Waals surface area contributed by atoms with Crippen molar-refractivity contribution in [2.45, 2.75) is 13.0 Å². The molecule has 7 heteroatoms. The quantitative estimate of drug-likeness (QED) is 0.906. The highest BCUT2D eigenvalue weighted by Crippen LogP contribution is 2.23. The van der Waals surface area contributed by atoms with E-state index in [1.54, 1.807) is 4.90 Å². The zero-order valence-electron chi connectivity index (χ0n) is 13.2. The number of ether oxygens (including phenoxy) is 2. The van der Waals surface area contributed by atoms with Crippen molar-refractivity contribution in [3.8, 4) is 0 Å². The molecule has 2 aliphatic heterocycles. The van der Waals surface area contributed by atoms with Crippen LogP contribution in [0.1, 0.15) is 6.92 Å². The van der Waals surface area contributed by atoms with E-state index in [0.717, 1.165) is 11.4 Å². The second kappa shape index (κ2) is 6.87. The molecular weight excluding hydrogens is 298 g/mol. The minimum absolute atomic E-state index is 0.0549. The molecule has 124 valence electrons. The molecule has 23 heavy (non-hydrogen) atoms. The van der Waals surface area contributed by atoms with E-state index in [1.165, 1.54) is 0 Å². The van der Waals surface area contributed by atoms with Crippen LogP contribution in [0.5, 0.6) is 0 Å². The van der Waals surface area contributed by atoms with Gasteiger partial charge in [0.15, 0.2) is 0 Å². The molecular formula is C16H21N3O4. The number of rotatable bonds is 4. The lowest BCUT2D eigenvalue weighted by molar-refractivity contribution is -0.135. The molecule has 1 aromatic rings. The number of cyclic esters (lactones) is 1. The lowest BCUT2D eigenvalue weighted by Gasteiger charge is -2.29. The molecule has 1 atom stereocenters. The van der Waals surface area contributed by atoms with Gasteiger partial charge in [0.05, 0.1) is 19.8 Å². The fourth-order valence-corrected chi connectivity index (χ4v) is 2.76. The van der Waals surface area contributed by atoms with Crippen LogP contribution < -0.4 is 10.2 Å². The van der Waals surface area contributed by atoms with Crippen molar-refractivity contribution in [2.75, 3.05) is 49.7 Å². The van der Waals surface area contributed by atoms with E-state index in [4.69, 9.17) is 9.47 Å². The smallest absolute Gasteiger partial charge is 0.414 e. The molecule has 0 radical (unpaired) electrons. The summed E-state index contributed by atoms with van der Waals surface area (Å²) in [6.45, 7) is 5.23. The van der Waals surface area contributed by atoms with Crippen LogP contribution >= 0.6 is 0 Å². The summed E-state index contributed by atoms with van der Waals surface area (Å²) in [6, 6.07) is 7.11. The number of carbonyl (C=O) groups is 2. The van der Waals surface area contributed by atoms with Gasteiger partial charge in [0, 0.05) is 24.5 Å². The first-order chi connectivity index (χ1) is 11.1. The van der Waals surface area contributed by atoms with Gasteiger partial charge >= 0.3 is 6.09 Å².